The van der Waals surface area contributed by atoms with E-state index in [0.717, 1.165) is 0 Å². The molecule has 330 valence electrons. The van der Waals surface area contributed by atoms with Crippen molar-refractivity contribution in [2.45, 2.75) is 48.0 Å². The summed E-state index contributed by atoms with van der Waals surface area (Å²) in [5.74, 6) is -0.401. The summed E-state index contributed by atoms with van der Waals surface area (Å²) in [4.78, 5) is 75.2. The van der Waals surface area contributed by atoms with Crippen LogP contribution in [0.5, 0.6) is 0 Å². The monoisotopic (exact) mass is 840 g/mol. The van der Waals surface area contributed by atoms with Crippen molar-refractivity contribution in [3.05, 3.63) is 60.9 Å². The molecule has 0 spiro atoms. The van der Waals surface area contributed by atoms with Crippen LogP contribution in [0.1, 0.15) is 48.0 Å². The number of hydrogen-bond donors (Lipinski definition) is 0. The van der Waals surface area contributed by atoms with Gasteiger partial charge in [0.15, 0.2) is 13.5 Å². The van der Waals surface area contributed by atoms with E-state index in [2.05, 4.69) is 26.5 Å². The lowest BCUT2D eigenvalue weighted by Crippen LogP contribution is -2.43. The van der Waals surface area contributed by atoms with E-state index < -0.39 is 5.97 Å². The lowest BCUT2D eigenvalue weighted by Gasteiger charge is -2.32. The molecule has 2 aromatic rings. The Bertz CT molecular complexity index is 1790. The van der Waals surface area contributed by atoms with Gasteiger partial charge in [-0.25, -0.2) is 4.79 Å². The molecular weight excluding hydrogens is 781 g/mol. The molecule has 0 N–H and O–H groups in total. The van der Waals surface area contributed by atoms with Gasteiger partial charge in [-0.15, -0.1) is 0 Å². The van der Waals surface area contributed by atoms with Crippen LogP contribution in [-0.2, 0) is 42.8 Å². The summed E-state index contributed by atoms with van der Waals surface area (Å²) in [6.45, 7) is 14.1. The highest BCUT2D eigenvalue weighted by atomic mass is 16.6. The Morgan fingerprint density at radius 1 is 0.550 bits per heavy atom. The van der Waals surface area contributed by atoms with Gasteiger partial charge in [0.1, 0.15) is 33.6 Å². The van der Waals surface area contributed by atoms with E-state index in [4.69, 9.17) is 38.4 Å². The summed E-state index contributed by atoms with van der Waals surface area (Å²) in [7, 11) is 5.89. The molecule has 0 fully saturated rings. The van der Waals surface area contributed by atoms with E-state index in [-0.39, 0.29) is 101 Å². The average Bonchev–Trinajstić information content (AvgIpc) is 3.22. The second-order valence-corrected chi connectivity index (χ2v) is 12.4. The zero-order valence-electron chi connectivity index (χ0n) is 36.4. The largest absolute Gasteiger partial charge is 0.478 e. The average molecular weight is 841 g/mol. The van der Waals surface area contributed by atoms with Crippen LogP contribution in [0.25, 0.3) is 0 Å². The van der Waals surface area contributed by atoms with E-state index in [9.17, 15) is 14.4 Å². The zero-order valence-corrected chi connectivity index (χ0v) is 36.4. The molecule has 0 aliphatic carbocycles. The number of anilines is 6. The molecule has 60 heavy (non-hydrogen) atoms. The van der Waals surface area contributed by atoms with Crippen LogP contribution in [0, 0.1) is 0 Å². The molecule has 0 unspecified atom stereocenters. The molecule has 0 aromatic carbocycles. The van der Waals surface area contributed by atoms with Gasteiger partial charge >= 0.3 is 5.97 Å². The minimum absolute atomic E-state index is 0.00500. The van der Waals surface area contributed by atoms with Crippen LogP contribution < -0.4 is 29.4 Å². The van der Waals surface area contributed by atoms with E-state index in [1.807, 2.05) is 45.1 Å². The lowest BCUT2D eigenvalue weighted by atomic mass is 10.3. The fraction of sp³-hybridized carbons (Fsp3) is 0.513. The molecule has 0 saturated heterocycles. The second-order valence-electron chi connectivity index (χ2n) is 12.4. The number of hydrogen-bond acceptors (Lipinski definition) is 19. The van der Waals surface area contributed by atoms with E-state index in [0.29, 0.717) is 18.7 Å². The number of aromatic nitrogens is 6. The minimum atomic E-state index is -0.612. The maximum absolute atomic E-state index is 12.9. The standard InChI is InChI=1S/C39H60N12O9/c1-12-16-18-20-21-30(5)59-27-46(14-3)34-40-35(44-39(42-34)51(29-58-11)32(7)53)47(24-55-8)23-48(25-56-9)36-41-37(45-38(43-36)50(15-4)31(6)52)49(26-57-10)28-60-33(54)22-19-17-13-2/h12-13,16-20,22H,5,14-15,21,23-29H2,1-4,6-11H3/b16-12+,17-13+,20-18+,22-19+. The molecular formula is C39H60N12O9. The van der Waals surface area contributed by atoms with Gasteiger partial charge in [0.2, 0.25) is 47.5 Å². The van der Waals surface area contributed by atoms with Gasteiger partial charge in [-0.1, -0.05) is 49.1 Å². The summed E-state index contributed by atoms with van der Waals surface area (Å²) in [6, 6.07) is 0. The molecule has 0 aliphatic heterocycles. The first-order chi connectivity index (χ1) is 28.9. The molecule has 0 radical (unpaired) electrons. The number of rotatable bonds is 28. The Labute approximate surface area is 352 Å². The van der Waals surface area contributed by atoms with E-state index in [1.165, 1.54) is 63.1 Å². The minimum Gasteiger partial charge on any atom is -0.478 e. The molecule has 0 saturated carbocycles. The maximum Gasteiger partial charge on any atom is 0.332 e. The van der Waals surface area contributed by atoms with Crippen molar-refractivity contribution in [2.75, 3.05) is 118 Å². The van der Waals surface area contributed by atoms with Crippen LogP contribution in [0.15, 0.2) is 60.9 Å². The van der Waals surface area contributed by atoms with Crippen molar-refractivity contribution < 1.29 is 42.8 Å². The Kier molecular flexibility index (Phi) is 23.1. The van der Waals surface area contributed by atoms with E-state index in [1.54, 1.807) is 39.9 Å². The second kappa shape index (κ2) is 27.6. The van der Waals surface area contributed by atoms with Crippen LogP contribution in [0.4, 0.5) is 35.7 Å². The zero-order chi connectivity index (χ0) is 44.5. The smallest absolute Gasteiger partial charge is 0.332 e. The quantitative estimate of drug-likeness (QED) is 0.0394. The molecule has 0 aliphatic rings. The molecule has 2 amide bonds. The van der Waals surface area contributed by atoms with Crippen molar-refractivity contribution in [2.24, 2.45) is 0 Å². The summed E-state index contributed by atoms with van der Waals surface area (Å²) in [5.41, 5.74) is 0. The van der Waals surface area contributed by atoms with E-state index >= 15 is 0 Å². The highest BCUT2D eigenvalue weighted by Gasteiger charge is 2.27. The fourth-order valence-corrected chi connectivity index (χ4v) is 4.91. The molecule has 0 bridgehead atoms. The van der Waals surface area contributed by atoms with Crippen LogP contribution in [0.3, 0.4) is 0 Å². The highest BCUT2D eigenvalue weighted by Crippen LogP contribution is 2.24. The molecule has 0 atom stereocenters. The van der Waals surface area contributed by atoms with Gasteiger partial charge in [0, 0.05) is 67.9 Å². The Hall–Kier alpha value is -6.03. The lowest BCUT2D eigenvalue weighted by molar-refractivity contribution is -0.138. The number of methoxy groups -OCH3 is 4. The summed E-state index contributed by atoms with van der Waals surface area (Å²) < 4.78 is 33.4. The van der Waals surface area contributed by atoms with Gasteiger partial charge in [0.25, 0.3) is 0 Å². The normalized spacial score (nSPS) is 11.4. The van der Waals surface area contributed by atoms with Gasteiger partial charge in [-0.2, -0.15) is 29.9 Å². The van der Waals surface area contributed by atoms with Gasteiger partial charge < -0.3 is 33.3 Å². The number of esters is 1. The molecule has 2 aromatic heterocycles. The first kappa shape index (κ1) is 50.1. The Morgan fingerprint density at radius 3 is 1.48 bits per heavy atom. The topological polar surface area (TPSA) is 203 Å². The Morgan fingerprint density at radius 2 is 1.00 bits per heavy atom. The predicted molar refractivity (Wildman–Crippen MR) is 228 cm³/mol. The van der Waals surface area contributed by atoms with Crippen molar-refractivity contribution in [1.82, 2.24) is 29.9 Å². The molecule has 2 heterocycles. The predicted octanol–water partition coefficient (Wildman–Crippen LogP) is 3.74. The highest BCUT2D eigenvalue weighted by molar-refractivity contribution is 5.90. The molecule has 2 rings (SSSR count). The van der Waals surface area contributed by atoms with Gasteiger partial charge in [-0.05, 0) is 27.7 Å². The van der Waals surface area contributed by atoms with Crippen molar-refractivity contribution >= 4 is 53.5 Å². The number of amides is 2. The summed E-state index contributed by atoms with van der Waals surface area (Å²) >= 11 is 0. The van der Waals surface area contributed by atoms with Crippen molar-refractivity contribution in [3.8, 4) is 0 Å². The van der Waals surface area contributed by atoms with Gasteiger partial charge in [-0.3, -0.25) is 34.1 Å². The fourth-order valence-electron chi connectivity index (χ4n) is 4.91. The SMILES string of the molecule is C=C(C/C=C/C=C/C)OCN(CC)c1nc(N(COC)CN(COC)c2nc(N(COC)COC(=O)/C=C/C=C/C)nc(N(CC)C(C)=O)n2)nc(N(COC)C(C)=O)n1. The first-order valence-electron chi connectivity index (χ1n) is 19.0. The van der Waals surface area contributed by atoms with Crippen LogP contribution >= 0.6 is 0 Å². The molecule has 21 heteroatoms. The third-order valence-corrected chi connectivity index (χ3v) is 7.84. The first-order valence-corrected chi connectivity index (χ1v) is 19.0. The number of carbonyl (C=O) groups excluding carboxylic acids is 3. The van der Waals surface area contributed by atoms with Crippen molar-refractivity contribution in [1.29, 1.82) is 0 Å². The molecule has 21 nitrogen and oxygen atoms in total. The van der Waals surface area contributed by atoms with Crippen LogP contribution in [-0.4, -0.2) is 136 Å². The maximum atomic E-state index is 12.9. The number of carbonyl (C=O) groups is 3. The third kappa shape index (κ3) is 16.3. The van der Waals surface area contributed by atoms with Crippen molar-refractivity contribution in [3.63, 3.8) is 0 Å². The Balaban J connectivity index is 2.75. The number of nitrogens with zero attached hydrogens (tertiary/aromatic N) is 12. The number of allylic oxidation sites excluding steroid dienone is 7. The summed E-state index contributed by atoms with van der Waals surface area (Å²) in [5, 5.41) is 0. The summed E-state index contributed by atoms with van der Waals surface area (Å²) in [6.07, 6.45) is 14.4. The van der Waals surface area contributed by atoms with Crippen LogP contribution in [0.2, 0.25) is 0 Å². The third-order valence-electron chi connectivity index (χ3n) is 7.84. The number of ether oxygens (including phenoxy) is 6. The van der Waals surface area contributed by atoms with Gasteiger partial charge in [0.05, 0.1) is 5.76 Å².